The summed E-state index contributed by atoms with van der Waals surface area (Å²) in [6.45, 7) is 14.6. The first-order chi connectivity index (χ1) is 13.8. The van der Waals surface area contributed by atoms with Crippen LogP contribution in [-0.4, -0.2) is 28.9 Å². The zero-order valence-corrected chi connectivity index (χ0v) is 18.4. The lowest BCUT2D eigenvalue weighted by molar-refractivity contribution is -0.121. The van der Waals surface area contributed by atoms with Gasteiger partial charge >= 0.3 is 0 Å². The van der Waals surface area contributed by atoms with E-state index in [0.29, 0.717) is 25.6 Å². The van der Waals surface area contributed by atoms with Crippen LogP contribution in [0, 0.1) is 25.7 Å². The maximum absolute atomic E-state index is 12.9. The first-order valence-corrected chi connectivity index (χ1v) is 10.5. The van der Waals surface area contributed by atoms with Gasteiger partial charge in [0.25, 0.3) is 0 Å². The van der Waals surface area contributed by atoms with Gasteiger partial charge in [0.15, 0.2) is 11.5 Å². The van der Waals surface area contributed by atoms with Crippen LogP contribution in [0.1, 0.15) is 56.3 Å². The molecule has 2 aromatic rings. The maximum Gasteiger partial charge on any atom is 0.225 e. The van der Waals surface area contributed by atoms with Gasteiger partial charge < -0.3 is 14.8 Å². The zero-order chi connectivity index (χ0) is 21.1. The molecule has 0 radical (unpaired) electrons. The van der Waals surface area contributed by atoms with Crippen LogP contribution in [-0.2, 0) is 17.8 Å². The summed E-state index contributed by atoms with van der Waals surface area (Å²) in [6, 6.07) is 5.83. The van der Waals surface area contributed by atoms with E-state index in [2.05, 4.69) is 38.1 Å². The van der Waals surface area contributed by atoms with E-state index in [4.69, 9.17) is 9.47 Å². The summed E-state index contributed by atoms with van der Waals surface area (Å²) in [7, 11) is 0. The molecule has 0 bridgehead atoms. The van der Waals surface area contributed by atoms with Crippen LogP contribution in [0.3, 0.4) is 0 Å². The third-order valence-electron chi connectivity index (χ3n) is 5.32. The van der Waals surface area contributed by atoms with E-state index in [1.165, 1.54) is 0 Å². The van der Waals surface area contributed by atoms with E-state index < -0.39 is 0 Å². The van der Waals surface area contributed by atoms with Crippen molar-refractivity contribution in [3.8, 4) is 11.5 Å². The van der Waals surface area contributed by atoms with Crippen molar-refractivity contribution in [2.75, 3.05) is 13.2 Å². The number of hydrogen-bond acceptors (Lipinski definition) is 4. The van der Waals surface area contributed by atoms with Crippen molar-refractivity contribution in [3.05, 3.63) is 40.7 Å². The van der Waals surface area contributed by atoms with Crippen molar-refractivity contribution < 1.29 is 14.3 Å². The monoisotopic (exact) mass is 399 g/mol. The number of aromatic nitrogens is 2. The SMILES string of the molecule is Cc1nn(CC(C)C)c(C)c1CC(=O)NC(c1ccc2c(c1)OCCO2)C(C)C. The van der Waals surface area contributed by atoms with Crippen LogP contribution >= 0.6 is 0 Å². The molecule has 0 fully saturated rings. The van der Waals surface area contributed by atoms with Gasteiger partial charge in [0.1, 0.15) is 13.2 Å². The molecule has 0 saturated carbocycles. The fourth-order valence-electron chi connectivity index (χ4n) is 3.79. The largest absolute Gasteiger partial charge is 0.486 e. The van der Waals surface area contributed by atoms with Gasteiger partial charge in [-0.1, -0.05) is 33.8 Å². The molecule has 3 rings (SSSR count). The number of rotatable bonds is 7. The average molecular weight is 400 g/mol. The summed E-state index contributed by atoms with van der Waals surface area (Å²) < 4.78 is 13.3. The second-order valence-corrected chi connectivity index (χ2v) is 8.59. The van der Waals surface area contributed by atoms with Crippen LogP contribution < -0.4 is 14.8 Å². The predicted molar refractivity (Wildman–Crippen MR) is 113 cm³/mol. The minimum atomic E-state index is -0.0929. The van der Waals surface area contributed by atoms with E-state index in [9.17, 15) is 4.79 Å². The summed E-state index contributed by atoms with van der Waals surface area (Å²) >= 11 is 0. The first-order valence-electron chi connectivity index (χ1n) is 10.5. The fourth-order valence-corrected chi connectivity index (χ4v) is 3.79. The van der Waals surface area contributed by atoms with Crippen LogP contribution in [0.4, 0.5) is 0 Å². The van der Waals surface area contributed by atoms with Crippen LogP contribution in [0.25, 0.3) is 0 Å². The lowest BCUT2D eigenvalue weighted by atomic mass is 9.95. The smallest absolute Gasteiger partial charge is 0.225 e. The molecule has 1 atom stereocenters. The van der Waals surface area contributed by atoms with Gasteiger partial charge in [-0.3, -0.25) is 9.48 Å². The number of nitrogens with zero attached hydrogens (tertiary/aromatic N) is 2. The number of fused-ring (bicyclic) bond motifs is 1. The molecule has 1 N–H and O–H groups in total. The number of benzene rings is 1. The summed E-state index contributed by atoms with van der Waals surface area (Å²) in [4.78, 5) is 12.9. The Morgan fingerprint density at radius 1 is 1.14 bits per heavy atom. The molecular formula is C23H33N3O3. The van der Waals surface area contributed by atoms with Crippen LogP contribution in [0.15, 0.2) is 18.2 Å². The molecule has 0 spiro atoms. The highest BCUT2D eigenvalue weighted by atomic mass is 16.6. The Bertz CT molecular complexity index is 870. The van der Waals surface area contributed by atoms with E-state index in [-0.39, 0.29) is 17.9 Å². The van der Waals surface area contributed by atoms with Gasteiger partial charge in [0.2, 0.25) is 5.91 Å². The van der Waals surface area contributed by atoms with Crippen molar-refractivity contribution in [1.29, 1.82) is 0 Å². The maximum atomic E-state index is 12.9. The van der Waals surface area contributed by atoms with Crippen molar-refractivity contribution in [2.24, 2.45) is 11.8 Å². The Hall–Kier alpha value is -2.50. The number of carbonyl (C=O) groups excluding carboxylic acids is 1. The Kier molecular flexibility index (Phi) is 6.50. The molecular weight excluding hydrogens is 366 g/mol. The summed E-state index contributed by atoms with van der Waals surface area (Å²) in [5.74, 6) is 2.27. The molecule has 1 aliphatic rings. The molecule has 1 aromatic carbocycles. The number of carbonyl (C=O) groups is 1. The number of aryl methyl sites for hydroxylation is 1. The highest BCUT2D eigenvalue weighted by molar-refractivity contribution is 5.79. The van der Waals surface area contributed by atoms with Crippen molar-refractivity contribution in [3.63, 3.8) is 0 Å². The summed E-state index contributed by atoms with van der Waals surface area (Å²) in [5, 5.41) is 7.85. The predicted octanol–water partition coefficient (Wildman–Crippen LogP) is 3.98. The van der Waals surface area contributed by atoms with E-state index in [1.807, 2.05) is 36.7 Å². The van der Waals surface area contributed by atoms with Gasteiger partial charge in [-0.15, -0.1) is 0 Å². The number of nitrogens with one attached hydrogen (secondary N) is 1. The molecule has 0 saturated heterocycles. The second-order valence-electron chi connectivity index (χ2n) is 8.59. The van der Waals surface area contributed by atoms with Gasteiger partial charge in [-0.25, -0.2) is 0 Å². The third-order valence-corrected chi connectivity index (χ3v) is 5.32. The van der Waals surface area contributed by atoms with E-state index in [0.717, 1.165) is 40.6 Å². The first kappa shape index (κ1) is 21.2. The zero-order valence-electron chi connectivity index (χ0n) is 18.4. The number of amides is 1. The molecule has 1 unspecified atom stereocenters. The van der Waals surface area contributed by atoms with Crippen molar-refractivity contribution in [1.82, 2.24) is 15.1 Å². The average Bonchev–Trinajstić information content (AvgIpc) is 2.92. The van der Waals surface area contributed by atoms with Crippen LogP contribution in [0.5, 0.6) is 11.5 Å². The van der Waals surface area contributed by atoms with E-state index in [1.54, 1.807) is 0 Å². The lowest BCUT2D eigenvalue weighted by Gasteiger charge is -2.25. The topological polar surface area (TPSA) is 65.4 Å². The van der Waals surface area contributed by atoms with Crippen molar-refractivity contribution >= 4 is 5.91 Å². The second kappa shape index (κ2) is 8.89. The van der Waals surface area contributed by atoms with Gasteiger partial charge in [0.05, 0.1) is 18.2 Å². The van der Waals surface area contributed by atoms with Crippen LogP contribution in [0.2, 0.25) is 0 Å². The van der Waals surface area contributed by atoms with Gasteiger partial charge in [0, 0.05) is 17.8 Å². The molecule has 1 aromatic heterocycles. The Labute approximate surface area is 173 Å². The third kappa shape index (κ3) is 4.92. The molecule has 158 valence electrons. The highest BCUT2D eigenvalue weighted by Gasteiger charge is 2.23. The summed E-state index contributed by atoms with van der Waals surface area (Å²) in [5.41, 5.74) is 4.06. The highest BCUT2D eigenvalue weighted by Crippen LogP contribution is 2.34. The summed E-state index contributed by atoms with van der Waals surface area (Å²) in [6.07, 6.45) is 0.337. The minimum absolute atomic E-state index is 0.00823. The Morgan fingerprint density at radius 3 is 2.48 bits per heavy atom. The number of ether oxygens (including phenoxy) is 2. The van der Waals surface area contributed by atoms with Gasteiger partial charge in [-0.05, 0) is 43.4 Å². The minimum Gasteiger partial charge on any atom is -0.486 e. The molecule has 2 heterocycles. The number of hydrogen-bond donors (Lipinski definition) is 1. The standard InChI is InChI=1S/C23H33N3O3/c1-14(2)13-26-17(6)19(16(5)25-26)12-22(27)24-23(15(3)4)18-7-8-20-21(11-18)29-10-9-28-20/h7-8,11,14-15,23H,9-10,12-13H2,1-6H3,(H,24,27). The molecule has 29 heavy (non-hydrogen) atoms. The lowest BCUT2D eigenvalue weighted by Crippen LogP contribution is -2.33. The van der Waals surface area contributed by atoms with E-state index >= 15 is 0 Å². The van der Waals surface area contributed by atoms with Gasteiger partial charge in [-0.2, -0.15) is 5.10 Å². The quantitative estimate of drug-likeness (QED) is 0.765. The normalized spacial score (nSPS) is 14.3. The molecule has 6 nitrogen and oxygen atoms in total. The molecule has 1 amide bonds. The Morgan fingerprint density at radius 2 is 1.83 bits per heavy atom. The Balaban J connectivity index is 1.75. The fraction of sp³-hybridized carbons (Fsp3) is 0.565. The molecule has 6 heteroatoms. The molecule has 1 aliphatic heterocycles. The molecule has 0 aliphatic carbocycles. The van der Waals surface area contributed by atoms with Crippen molar-refractivity contribution in [2.45, 2.75) is 60.5 Å².